The normalized spacial score (nSPS) is 13.5. The summed E-state index contributed by atoms with van der Waals surface area (Å²) in [6.07, 6.45) is 8.87. The molecule has 0 saturated heterocycles. The number of allylic oxidation sites excluding steroid dienone is 4. The van der Waals surface area contributed by atoms with E-state index < -0.39 is 0 Å². The van der Waals surface area contributed by atoms with E-state index in [0.717, 1.165) is 51.4 Å². The first kappa shape index (κ1) is 25.5. The Balaban J connectivity index is 2.03. The van der Waals surface area contributed by atoms with Crippen LogP contribution in [-0.4, -0.2) is 43.0 Å². The molecule has 0 aliphatic carbocycles. The first-order valence-corrected chi connectivity index (χ1v) is 12.6. The highest BCUT2D eigenvalue weighted by Gasteiger charge is 2.33. The van der Waals surface area contributed by atoms with E-state index in [9.17, 15) is 4.79 Å². The molecule has 2 aromatic heterocycles. The summed E-state index contributed by atoms with van der Waals surface area (Å²) in [6, 6.07) is 4.48. The highest BCUT2D eigenvalue weighted by molar-refractivity contribution is 5.99. The highest BCUT2D eigenvalue weighted by Crippen LogP contribution is 2.43. The van der Waals surface area contributed by atoms with Crippen molar-refractivity contribution in [2.24, 2.45) is 7.05 Å². The Hall–Kier alpha value is -3.61. The first-order chi connectivity index (χ1) is 17.0. The second kappa shape index (κ2) is 9.45. The molecule has 0 spiro atoms. The van der Waals surface area contributed by atoms with Gasteiger partial charge in [0.1, 0.15) is 0 Å². The van der Waals surface area contributed by atoms with Gasteiger partial charge in [0, 0.05) is 48.6 Å². The molecule has 0 atom stereocenters. The molecule has 1 aliphatic rings. The maximum atomic E-state index is 13.7. The minimum atomic E-state index is -0.319. The minimum Gasteiger partial charge on any atom is -0.380 e. The molecule has 36 heavy (non-hydrogen) atoms. The number of nitrogens with one attached hydrogen (secondary N) is 1. The van der Waals surface area contributed by atoms with Gasteiger partial charge in [0.15, 0.2) is 5.69 Å². The van der Waals surface area contributed by atoms with Crippen LogP contribution in [-0.2, 0) is 20.0 Å². The van der Waals surface area contributed by atoms with Crippen LogP contribution in [0.5, 0.6) is 0 Å². The molecule has 1 aromatic carbocycles. The number of hydrogen-bond donors (Lipinski definition) is 1. The molecule has 4 rings (SSSR count). The molecule has 0 saturated carbocycles. The predicted molar refractivity (Wildman–Crippen MR) is 148 cm³/mol. The lowest BCUT2D eigenvalue weighted by atomic mass is 9.91. The van der Waals surface area contributed by atoms with E-state index in [4.69, 9.17) is 5.10 Å². The molecule has 3 heterocycles. The Kier molecular flexibility index (Phi) is 6.69. The third-order valence-corrected chi connectivity index (χ3v) is 7.09. The summed E-state index contributed by atoms with van der Waals surface area (Å²) >= 11 is 0. The van der Waals surface area contributed by atoms with Gasteiger partial charge >= 0.3 is 0 Å². The molecule has 7 heteroatoms. The summed E-state index contributed by atoms with van der Waals surface area (Å²) in [5.74, 6) is -0.0773. The van der Waals surface area contributed by atoms with E-state index in [1.807, 2.05) is 82.5 Å². The molecule has 3 aromatic rings. The van der Waals surface area contributed by atoms with Crippen LogP contribution in [0.4, 0.5) is 5.69 Å². The smallest absolute Gasteiger partial charge is 0.274 e. The molecule has 0 fully saturated rings. The maximum Gasteiger partial charge on any atom is 0.274 e. The average Bonchev–Trinajstić information content (AvgIpc) is 3.39. The lowest BCUT2D eigenvalue weighted by molar-refractivity contribution is 0.0648. The number of amides is 1. The highest BCUT2D eigenvalue weighted by atomic mass is 16.2. The lowest BCUT2D eigenvalue weighted by Crippen LogP contribution is -2.43. The van der Waals surface area contributed by atoms with E-state index in [0.29, 0.717) is 12.2 Å². The predicted octanol–water partition coefficient (Wildman–Crippen LogP) is 6.05. The molecule has 7 nitrogen and oxygen atoms in total. The van der Waals surface area contributed by atoms with Gasteiger partial charge in [-0.05, 0) is 77.3 Å². The molecule has 190 valence electrons. The Bertz CT molecular complexity index is 1360. The zero-order valence-corrected chi connectivity index (χ0v) is 23.0. The number of aromatic nitrogens is 4. The fourth-order valence-corrected chi connectivity index (χ4v) is 4.79. The summed E-state index contributed by atoms with van der Waals surface area (Å²) in [5.41, 5.74) is 9.73. The summed E-state index contributed by atoms with van der Waals surface area (Å²) in [5, 5.41) is 13.0. The van der Waals surface area contributed by atoms with Crippen molar-refractivity contribution in [2.45, 2.75) is 67.0 Å². The lowest BCUT2D eigenvalue weighted by Gasteiger charge is -2.31. The minimum absolute atomic E-state index is 0.0773. The van der Waals surface area contributed by atoms with Crippen LogP contribution in [0.2, 0.25) is 0 Å². The summed E-state index contributed by atoms with van der Waals surface area (Å²) in [6.45, 7) is 14.9. The number of carbonyl (C=O) groups is 1. The first-order valence-electron chi connectivity index (χ1n) is 12.6. The Morgan fingerprint density at radius 1 is 1.19 bits per heavy atom. The van der Waals surface area contributed by atoms with Crippen LogP contribution in [0.1, 0.15) is 68.7 Å². The number of carbonyl (C=O) groups excluding carboxylic acids is 1. The van der Waals surface area contributed by atoms with Gasteiger partial charge in [-0.1, -0.05) is 19.1 Å². The molecule has 1 amide bonds. The monoisotopic (exact) mass is 486 g/mol. The summed E-state index contributed by atoms with van der Waals surface area (Å²) in [7, 11) is 3.83. The maximum absolute atomic E-state index is 13.7. The van der Waals surface area contributed by atoms with Gasteiger partial charge in [0.2, 0.25) is 0 Å². The van der Waals surface area contributed by atoms with Crippen molar-refractivity contribution in [3.63, 3.8) is 0 Å². The summed E-state index contributed by atoms with van der Waals surface area (Å²) in [4.78, 5) is 15.4. The zero-order chi connectivity index (χ0) is 26.4. The third-order valence-electron chi connectivity index (χ3n) is 7.09. The number of hydrogen-bond acceptors (Lipinski definition) is 4. The van der Waals surface area contributed by atoms with E-state index in [2.05, 4.69) is 36.4 Å². The second-order valence-electron chi connectivity index (χ2n) is 10.4. The van der Waals surface area contributed by atoms with Gasteiger partial charge in [-0.2, -0.15) is 10.2 Å². The van der Waals surface area contributed by atoms with Crippen molar-refractivity contribution in [1.29, 1.82) is 0 Å². The van der Waals surface area contributed by atoms with Crippen LogP contribution in [0.3, 0.4) is 0 Å². The standard InChI is InChI=1S/C29H38N6O/c1-10-13-20(12-3)35-27-22-15-21(26-18(4)16-31-34(26)9)19(11-2)14-24(22)30-17-23(27)25(32-35)28(36)33(8)29(5,6)7/h10,12-16,30H,11,17H2,1-9H3/b13-10-,20-12+. The third kappa shape index (κ3) is 4.16. The van der Waals surface area contributed by atoms with Crippen LogP contribution < -0.4 is 5.32 Å². The molecular weight excluding hydrogens is 448 g/mol. The van der Waals surface area contributed by atoms with Gasteiger partial charge in [0.25, 0.3) is 5.91 Å². The van der Waals surface area contributed by atoms with Crippen molar-refractivity contribution in [1.82, 2.24) is 24.5 Å². The molecule has 0 unspecified atom stereocenters. The van der Waals surface area contributed by atoms with Crippen molar-refractivity contribution >= 4 is 17.3 Å². The molecular formula is C29H38N6O. The van der Waals surface area contributed by atoms with E-state index in [-0.39, 0.29) is 11.4 Å². The number of rotatable bonds is 5. The second-order valence-corrected chi connectivity index (χ2v) is 10.4. The number of fused-ring (bicyclic) bond motifs is 3. The molecule has 0 radical (unpaired) electrons. The number of anilines is 1. The SMILES string of the molecule is C/C=C\C(=C/C)n1nc(C(=O)N(C)C(C)(C)C)c2c1-c1cc(-c3c(C)cnn3C)c(CC)cc1NC2. The Morgan fingerprint density at radius 3 is 2.47 bits per heavy atom. The van der Waals surface area contributed by atoms with Crippen LogP contribution in [0, 0.1) is 6.92 Å². The van der Waals surface area contributed by atoms with E-state index >= 15 is 0 Å². The van der Waals surface area contributed by atoms with Crippen molar-refractivity contribution in [3.8, 4) is 22.5 Å². The average molecular weight is 487 g/mol. The van der Waals surface area contributed by atoms with Crippen molar-refractivity contribution < 1.29 is 4.79 Å². The number of benzene rings is 1. The molecule has 1 aliphatic heterocycles. The van der Waals surface area contributed by atoms with Crippen LogP contribution in [0.25, 0.3) is 28.2 Å². The topological polar surface area (TPSA) is 68.0 Å². The largest absolute Gasteiger partial charge is 0.380 e. The van der Waals surface area contributed by atoms with Crippen LogP contribution >= 0.6 is 0 Å². The van der Waals surface area contributed by atoms with Gasteiger partial charge in [-0.3, -0.25) is 9.48 Å². The Labute approximate surface area is 214 Å². The zero-order valence-electron chi connectivity index (χ0n) is 23.0. The van der Waals surface area contributed by atoms with Crippen molar-refractivity contribution in [3.05, 3.63) is 58.9 Å². The van der Waals surface area contributed by atoms with E-state index in [1.165, 1.54) is 5.56 Å². The van der Waals surface area contributed by atoms with E-state index in [1.54, 1.807) is 4.90 Å². The number of aryl methyl sites for hydroxylation is 3. The quantitative estimate of drug-likeness (QED) is 0.446. The van der Waals surface area contributed by atoms with Crippen LogP contribution in [0.15, 0.2) is 36.6 Å². The Morgan fingerprint density at radius 2 is 1.92 bits per heavy atom. The fraction of sp³-hybridized carbons (Fsp3) is 0.414. The molecule has 1 N–H and O–H groups in total. The molecule has 0 bridgehead atoms. The van der Waals surface area contributed by atoms with Gasteiger partial charge in [0.05, 0.1) is 23.3 Å². The summed E-state index contributed by atoms with van der Waals surface area (Å²) < 4.78 is 3.87. The van der Waals surface area contributed by atoms with Gasteiger partial charge in [-0.25, -0.2) is 4.68 Å². The van der Waals surface area contributed by atoms with Crippen molar-refractivity contribution in [2.75, 3.05) is 12.4 Å². The van der Waals surface area contributed by atoms with Gasteiger partial charge in [-0.15, -0.1) is 0 Å². The number of nitrogens with zero attached hydrogens (tertiary/aromatic N) is 5. The van der Waals surface area contributed by atoms with Gasteiger partial charge < -0.3 is 10.2 Å². The fourth-order valence-electron chi connectivity index (χ4n) is 4.79.